The molecular weight excluding hydrogens is 420 g/mol. The molecule has 0 aromatic heterocycles. The zero-order valence-corrected chi connectivity index (χ0v) is 19.5. The van der Waals surface area contributed by atoms with E-state index in [-0.39, 0.29) is 37.3 Å². The van der Waals surface area contributed by atoms with Gasteiger partial charge >= 0.3 is 5.97 Å². The van der Waals surface area contributed by atoms with Gasteiger partial charge in [0.2, 0.25) is 5.91 Å². The summed E-state index contributed by atoms with van der Waals surface area (Å²) in [6.07, 6.45) is 0.166. The Labute approximate surface area is 194 Å². The first-order chi connectivity index (χ1) is 15.8. The number of allylic oxidation sites excluding steroid dienone is 1. The van der Waals surface area contributed by atoms with E-state index in [1.165, 1.54) is 0 Å². The van der Waals surface area contributed by atoms with Crippen LogP contribution in [0.2, 0.25) is 0 Å². The van der Waals surface area contributed by atoms with E-state index in [1.54, 1.807) is 43.9 Å². The standard InChI is InChI=1S/C26H30N2O5/c1-5-32-26(31)24-18(4)28(23(29)15-22(24)20-11-7-9-17(3)13-20)16-19-10-8-12-21(14-19)25(30)27-33-6-2/h7-14,22H,5-6,15-16H2,1-4H3,(H,27,30). The van der Waals surface area contributed by atoms with Crippen molar-refractivity contribution in [2.45, 2.75) is 46.6 Å². The number of hydrogen-bond acceptors (Lipinski definition) is 5. The quantitative estimate of drug-likeness (QED) is 0.485. The number of benzene rings is 2. The molecule has 33 heavy (non-hydrogen) atoms. The van der Waals surface area contributed by atoms with Crippen LogP contribution >= 0.6 is 0 Å². The normalized spacial score (nSPS) is 16.1. The summed E-state index contributed by atoms with van der Waals surface area (Å²) in [6.45, 7) is 8.15. The van der Waals surface area contributed by atoms with Crippen molar-refractivity contribution in [1.29, 1.82) is 0 Å². The van der Waals surface area contributed by atoms with Crippen molar-refractivity contribution in [1.82, 2.24) is 10.4 Å². The predicted octanol–water partition coefficient (Wildman–Crippen LogP) is 4.03. The first kappa shape index (κ1) is 24.2. The maximum atomic E-state index is 13.2. The minimum Gasteiger partial charge on any atom is -0.463 e. The smallest absolute Gasteiger partial charge is 0.336 e. The number of aryl methyl sites for hydroxylation is 1. The molecule has 1 aliphatic heterocycles. The van der Waals surface area contributed by atoms with Gasteiger partial charge in [0.15, 0.2) is 0 Å². The Balaban J connectivity index is 1.95. The molecule has 7 nitrogen and oxygen atoms in total. The number of amides is 2. The zero-order chi connectivity index (χ0) is 24.0. The number of hydroxylamine groups is 1. The van der Waals surface area contributed by atoms with Gasteiger partial charge in [0.25, 0.3) is 5.91 Å². The van der Waals surface area contributed by atoms with Crippen LogP contribution < -0.4 is 5.48 Å². The van der Waals surface area contributed by atoms with E-state index >= 15 is 0 Å². The zero-order valence-electron chi connectivity index (χ0n) is 19.5. The van der Waals surface area contributed by atoms with Gasteiger partial charge in [-0.2, -0.15) is 0 Å². The Morgan fingerprint density at radius 1 is 1.06 bits per heavy atom. The number of esters is 1. The summed E-state index contributed by atoms with van der Waals surface area (Å²) < 4.78 is 5.35. The van der Waals surface area contributed by atoms with E-state index in [0.29, 0.717) is 23.4 Å². The highest BCUT2D eigenvalue weighted by Gasteiger charge is 2.37. The highest BCUT2D eigenvalue weighted by atomic mass is 16.6. The van der Waals surface area contributed by atoms with Crippen LogP contribution in [-0.2, 0) is 25.7 Å². The molecule has 2 amide bonds. The molecule has 0 saturated heterocycles. The summed E-state index contributed by atoms with van der Waals surface area (Å²) in [5.41, 5.74) is 6.61. The number of hydrogen-bond donors (Lipinski definition) is 1. The van der Waals surface area contributed by atoms with Crippen LogP contribution in [0.15, 0.2) is 59.8 Å². The Kier molecular flexibility index (Phi) is 8.01. The topological polar surface area (TPSA) is 84.9 Å². The number of nitrogens with zero attached hydrogens (tertiary/aromatic N) is 1. The third-order valence-corrected chi connectivity index (χ3v) is 5.60. The van der Waals surface area contributed by atoms with Crippen LogP contribution in [0, 0.1) is 6.92 Å². The van der Waals surface area contributed by atoms with Gasteiger partial charge in [-0.15, -0.1) is 0 Å². The maximum absolute atomic E-state index is 13.2. The molecule has 0 fully saturated rings. The summed E-state index contributed by atoms with van der Waals surface area (Å²) in [6, 6.07) is 14.8. The van der Waals surface area contributed by atoms with Crippen molar-refractivity contribution in [3.05, 3.63) is 82.1 Å². The van der Waals surface area contributed by atoms with Gasteiger partial charge in [-0.05, 0) is 51.0 Å². The molecule has 7 heteroatoms. The fraction of sp³-hybridized carbons (Fsp3) is 0.346. The third kappa shape index (κ3) is 5.68. The molecule has 3 rings (SSSR count). The second kappa shape index (κ2) is 10.9. The van der Waals surface area contributed by atoms with Crippen molar-refractivity contribution >= 4 is 17.8 Å². The van der Waals surface area contributed by atoms with Crippen LogP contribution in [0.3, 0.4) is 0 Å². The molecule has 1 aliphatic rings. The maximum Gasteiger partial charge on any atom is 0.336 e. The van der Waals surface area contributed by atoms with Crippen LogP contribution in [0.4, 0.5) is 0 Å². The van der Waals surface area contributed by atoms with E-state index in [1.807, 2.05) is 37.3 Å². The molecule has 0 bridgehead atoms. The molecule has 1 unspecified atom stereocenters. The van der Waals surface area contributed by atoms with Gasteiger partial charge in [-0.3, -0.25) is 14.4 Å². The van der Waals surface area contributed by atoms with Crippen molar-refractivity contribution in [3.63, 3.8) is 0 Å². The number of nitrogens with one attached hydrogen (secondary N) is 1. The van der Waals surface area contributed by atoms with Gasteiger partial charge in [-0.25, -0.2) is 10.3 Å². The summed E-state index contributed by atoms with van der Waals surface area (Å²) in [5, 5.41) is 0. The lowest BCUT2D eigenvalue weighted by atomic mass is 9.83. The first-order valence-corrected chi connectivity index (χ1v) is 11.1. The van der Waals surface area contributed by atoms with Crippen LogP contribution in [0.5, 0.6) is 0 Å². The second-order valence-corrected chi connectivity index (χ2v) is 7.93. The summed E-state index contributed by atoms with van der Waals surface area (Å²) in [5.74, 6) is -1.22. The van der Waals surface area contributed by atoms with E-state index in [2.05, 4.69) is 5.48 Å². The second-order valence-electron chi connectivity index (χ2n) is 7.93. The molecule has 0 radical (unpaired) electrons. The Hall–Kier alpha value is -3.45. The highest BCUT2D eigenvalue weighted by Crippen LogP contribution is 2.38. The van der Waals surface area contributed by atoms with Gasteiger partial charge in [-0.1, -0.05) is 42.0 Å². The minimum atomic E-state index is -0.413. The first-order valence-electron chi connectivity index (χ1n) is 11.1. The van der Waals surface area contributed by atoms with Crippen molar-refractivity contribution in [2.75, 3.05) is 13.2 Å². The van der Waals surface area contributed by atoms with Crippen LogP contribution in [0.1, 0.15) is 60.2 Å². The fourth-order valence-corrected chi connectivity index (χ4v) is 4.04. The van der Waals surface area contributed by atoms with E-state index < -0.39 is 5.97 Å². The minimum absolute atomic E-state index is 0.0868. The lowest BCUT2D eigenvalue weighted by Gasteiger charge is -2.34. The molecular formula is C26H30N2O5. The van der Waals surface area contributed by atoms with Crippen molar-refractivity contribution in [3.8, 4) is 0 Å². The Morgan fingerprint density at radius 2 is 1.82 bits per heavy atom. The van der Waals surface area contributed by atoms with Crippen LogP contribution in [0.25, 0.3) is 0 Å². The molecule has 1 N–H and O–H groups in total. The molecule has 174 valence electrons. The number of rotatable bonds is 8. The molecule has 2 aromatic rings. The fourth-order valence-electron chi connectivity index (χ4n) is 4.04. The highest BCUT2D eigenvalue weighted by molar-refractivity contribution is 5.96. The molecule has 0 aliphatic carbocycles. The Morgan fingerprint density at radius 3 is 2.52 bits per heavy atom. The van der Waals surface area contributed by atoms with Gasteiger partial charge in [0.1, 0.15) is 0 Å². The van der Waals surface area contributed by atoms with Gasteiger partial charge < -0.3 is 9.64 Å². The number of carbonyl (C=O) groups is 3. The van der Waals surface area contributed by atoms with Gasteiger partial charge in [0.05, 0.1) is 25.3 Å². The van der Waals surface area contributed by atoms with Crippen LogP contribution in [-0.4, -0.2) is 35.9 Å². The van der Waals surface area contributed by atoms with Crippen molar-refractivity contribution < 1.29 is 24.0 Å². The summed E-state index contributed by atoms with van der Waals surface area (Å²) in [4.78, 5) is 44.9. The molecule has 0 spiro atoms. The third-order valence-electron chi connectivity index (χ3n) is 5.60. The van der Waals surface area contributed by atoms with Crippen molar-refractivity contribution in [2.24, 2.45) is 0 Å². The monoisotopic (exact) mass is 450 g/mol. The van der Waals surface area contributed by atoms with E-state index in [9.17, 15) is 14.4 Å². The predicted molar refractivity (Wildman–Crippen MR) is 124 cm³/mol. The van der Waals surface area contributed by atoms with Gasteiger partial charge in [0, 0.05) is 23.6 Å². The van der Waals surface area contributed by atoms with E-state index in [0.717, 1.165) is 16.7 Å². The lowest BCUT2D eigenvalue weighted by molar-refractivity contribution is -0.140. The SMILES string of the molecule is CCONC(=O)c1cccc(CN2C(=O)CC(c3cccc(C)c3)C(C(=O)OCC)=C2C)c1. The largest absolute Gasteiger partial charge is 0.463 e. The molecule has 0 saturated carbocycles. The Bertz CT molecular complexity index is 1080. The summed E-state index contributed by atoms with van der Waals surface area (Å²) >= 11 is 0. The molecule has 1 atom stereocenters. The van der Waals surface area contributed by atoms with E-state index in [4.69, 9.17) is 9.57 Å². The number of carbonyl (C=O) groups excluding carboxylic acids is 3. The molecule has 2 aromatic carbocycles. The number of ether oxygens (including phenoxy) is 1. The lowest BCUT2D eigenvalue weighted by Crippen LogP contribution is -2.38. The molecule has 1 heterocycles. The summed E-state index contributed by atoms with van der Waals surface area (Å²) in [7, 11) is 0. The average molecular weight is 451 g/mol. The average Bonchev–Trinajstić information content (AvgIpc) is 2.80.